The van der Waals surface area contributed by atoms with E-state index in [1.807, 2.05) is 5.32 Å². The summed E-state index contributed by atoms with van der Waals surface area (Å²) in [7, 11) is -4.96. The van der Waals surface area contributed by atoms with Crippen LogP contribution < -0.4 is 37.3 Å². The van der Waals surface area contributed by atoms with Crippen LogP contribution in [0.4, 0.5) is 0 Å². The second kappa shape index (κ2) is 20.9. The first kappa shape index (κ1) is 44.4. The fraction of sp³-hybridized carbons (Fsp3) is 0.464. The van der Waals surface area contributed by atoms with E-state index in [4.69, 9.17) is 26.4 Å². The number of phosphoric acid groups is 1. The topological polar surface area (TPSA) is 401 Å². The molecule has 0 saturated heterocycles. The molecule has 5 amide bonds. The van der Waals surface area contributed by atoms with Gasteiger partial charge >= 0.3 is 31.7 Å². The highest BCUT2D eigenvalue weighted by Gasteiger charge is 2.33. The monoisotopic (exact) mass is 762 g/mol. The van der Waals surface area contributed by atoms with E-state index < -0.39 is 130 Å². The van der Waals surface area contributed by atoms with E-state index in [9.17, 15) is 63.0 Å². The second-order valence-corrected chi connectivity index (χ2v) is 12.3. The van der Waals surface area contributed by atoms with Gasteiger partial charge in [-0.15, -0.1) is 0 Å². The van der Waals surface area contributed by atoms with Crippen molar-refractivity contribution in [2.24, 2.45) is 11.5 Å². The molecule has 0 aliphatic carbocycles. The molecule has 1 aromatic carbocycles. The SMILES string of the molecule is NC(=O)CC[C@H](N)C(=O)N[C@@H](CC(=O)O)C(=O)N[C@@H](Cc1ccc(OP(=O)(O)O)cc1)C(=O)N[C@@H](CCC(=O)O)C(=O)N[C@@H](CCC(=O)O)C(=O)O. The fourth-order valence-electron chi connectivity index (χ4n) is 4.24. The van der Waals surface area contributed by atoms with Crippen molar-refractivity contribution >= 4 is 61.2 Å². The maximum Gasteiger partial charge on any atom is 0.524 e. The Morgan fingerprint density at radius 3 is 1.58 bits per heavy atom. The third kappa shape index (κ3) is 17.8. The Bertz CT molecular complexity index is 1550. The van der Waals surface area contributed by atoms with Crippen molar-refractivity contribution in [1.82, 2.24) is 21.3 Å². The van der Waals surface area contributed by atoms with Gasteiger partial charge in [-0.1, -0.05) is 12.1 Å². The van der Waals surface area contributed by atoms with Gasteiger partial charge in [0.05, 0.1) is 12.5 Å². The molecule has 52 heavy (non-hydrogen) atoms. The number of carboxylic acid groups (broad SMARTS) is 4. The van der Waals surface area contributed by atoms with E-state index in [-0.39, 0.29) is 24.2 Å². The van der Waals surface area contributed by atoms with Crippen molar-refractivity contribution in [1.29, 1.82) is 0 Å². The maximum absolute atomic E-state index is 13.6. The quantitative estimate of drug-likeness (QED) is 0.0455. The third-order valence-corrected chi connectivity index (χ3v) is 7.26. The number of aliphatic carboxylic acids is 4. The largest absolute Gasteiger partial charge is 0.524 e. The lowest BCUT2D eigenvalue weighted by molar-refractivity contribution is -0.144. The van der Waals surface area contributed by atoms with Gasteiger partial charge in [0.15, 0.2) is 0 Å². The lowest BCUT2D eigenvalue weighted by atomic mass is 10.0. The molecule has 0 aromatic heterocycles. The summed E-state index contributed by atoms with van der Waals surface area (Å²) in [6.07, 6.45) is -4.77. The van der Waals surface area contributed by atoms with Gasteiger partial charge in [-0.05, 0) is 37.0 Å². The van der Waals surface area contributed by atoms with Crippen molar-refractivity contribution in [2.75, 3.05) is 0 Å². The molecule has 0 saturated carbocycles. The number of benzene rings is 1. The molecule has 14 N–H and O–H groups in total. The van der Waals surface area contributed by atoms with E-state index in [0.717, 1.165) is 12.1 Å². The van der Waals surface area contributed by atoms with Crippen LogP contribution in [0.3, 0.4) is 0 Å². The molecule has 1 aromatic rings. The zero-order chi connectivity index (χ0) is 39.8. The molecule has 0 heterocycles. The van der Waals surface area contributed by atoms with E-state index in [0.29, 0.717) is 0 Å². The molecule has 0 aliphatic heterocycles. The minimum atomic E-state index is -4.96. The number of nitrogens with one attached hydrogen (secondary N) is 4. The number of hydrogen-bond acceptors (Lipinski definition) is 12. The Morgan fingerprint density at radius 1 is 0.635 bits per heavy atom. The summed E-state index contributed by atoms with van der Waals surface area (Å²) in [5.74, 6) is -12.0. The molecule has 0 bridgehead atoms. The zero-order valence-electron chi connectivity index (χ0n) is 27.1. The minimum absolute atomic E-state index is 0.164. The highest BCUT2D eigenvalue weighted by molar-refractivity contribution is 7.46. The summed E-state index contributed by atoms with van der Waals surface area (Å²) < 4.78 is 15.6. The highest BCUT2D eigenvalue weighted by atomic mass is 31.2. The van der Waals surface area contributed by atoms with E-state index >= 15 is 0 Å². The average molecular weight is 763 g/mol. The summed E-state index contributed by atoms with van der Waals surface area (Å²) in [6.45, 7) is 0. The van der Waals surface area contributed by atoms with Gasteiger partial charge in [0.25, 0.3) is 0 Å². The van der Waals surface area contributed by atoms with Crippen molar-refractivity contribution in [3.8, 4) is 5.75 Å². The number of primary amides is 1. The normalized spacial score (nSPS) is 13.9. The summed E-state index contributed by atoms with van der Waals surface area (Å²) >= 11 is 0. The average Bonchev–Trinajstić information content (AvgIpc) is 3.02. The molecule has 0 fully saturated rings. The molecular formula is C28H39N6O17P. The number of nitrogens with two attached hydrogens (primary N) is 2. The Hall–Kier alpha value is -5.64. The van der Waals surface area contributed by atoms with Crippen LogP contribution in [0.5, 0.6) is 5.75 Å². The first-order valence-electron chi connectivity index (χ1n) is 15.1. The van der Waals surface area contributed by atoms with Gasteiger partial charge in [-0.3, -0.25) is 48.1 Å². The summed E-state index contributed by atoms with van der Waals surface area (Å²) in [5.41, 5.74) is 10.9. The van der Waals surface area contributed by atoms with Crippen LogP contribution in [-0.2, 0) is 54.1 Å². The van der Waals surface area contributed by atoms with Gasteiger partial charge in [0, 0.05) is 25.7 Å². The molecule has 0 unspecified atom stereocenters. The summed E-state index contributed by atoms with van der Waals surface area (Å²) in [4.78, 5) is 127. The van der Waals surface area contributed by atoms with Crippen molar-refractivity contribution in [3.05, 3.63) is 29.8 Å². The van der Waals surface area contributed by atoms with E-state index in [1.54, 1.807) is 0 Å². The van der Waals surface area contributed by atoms with Crippen LogP contribution in [0.25, 0.3) is 0 Å². The number of carbonyl (C=O) groups is 9. The maximum atomic E-state index is 13.6. The van der Waals surface area contributed by atoms with E-state index in [1.165, 1.54) is 12.1 Å². The number of rotatable bonds is 24. The third-order valence-electron chi connectivity index (χ3n) is 6.81. The predicted molar refractivity (Wildman–Crippen MR) is 171 cm³/mol. The molecule has 24 heteroatoms. The fourth-order valence-corrected chi connectivity index (χ4v) is 4.64. The first-order valence-corrected chi connectivity index (χ1v) is 16.6. The number of amides is 5. The number of carbonyl (C=O) groups excluding carboxylic acids is 5. The molecule has 5 atom stereocenters. The van der Waals surface area contributed by atoms with Crippen LogP contribution in [0, 0.1) is 0 Å². The van der Waals surface area contributed by atoms with Gasteiger partial charge in [0.1, 0.15) is 29.9 Å². The zero-order valence-corrected chi connectivity index (χ0v) is 28.0. The first-order chi connectivity index (χ1) is 24.1. The predicted octanol–water partition coefficient (Wildman–Crippen LogP) is -3.48. The lowest BCUT2D eigenvalue weighted by Gasteiger charge is -2.26. The number of carboxylic acids is 4. The number of phosphoric ester groups is 1. The van der Waals surface area contributed by atoms with Crippen molar-refractivity contribution in [3.63, 3.8) is 0 Å². The smallest absolute Gasteiger partial charge is 0.481 e. The summed E-state index contributed by atoms with van der Waals surface area (Å²) in [5, 5.41) is 45.4. The van der Waals surface area contributed by atoms with Gasteiger partial charge < -0.3 is 57.7 Å². The standard InChI is InChI=1S/C28H39N6O17P/c29-15(5-8-20(30)35)24(42)33-19(12-23(40)41)27(45)34-18(11-13-1-3-14(4-2-13)51-52(48,49)50)26(44)31-16(6-9-21(36)37)25(43)32-17(28(46)47)7-10-22(38)39/h1-4,15-19H,5-12,29H2,(H2,30,35)(H,31,44)(H,32,43)(H,33,42)(H,34,45)(H,36,37)(H,38,39)(H,40,41)(H,46,47)(H2,48,49,50)/t15-,16-,17-,18-,19-/m0/s1. The molecule has 0 aliphatic rings. The number of hydrogen-bond donors (Lipinski definition) is 12. The van der Waals surface area contributed by atoms with Crippen LogP contribution in [0.1, 0.15) is 50.5 Å². The summed E-state index contributed by atoms with van der Waals surface area (Å²) in [6, 6.07) is -4.03. The van der Waals surface area contributed by atoms with Crippen molar-refractivity contribution < 1.29 is 82.5 Å². The van der Waals surface area contributed by atoms with E-state index in [2.05, 4.69) is 20.5 Å². The Kier molecular flexibility index (Phi) is 17.8. The molecule has 288 valence electrons. The minimum Gasteiger partial charge on any atom is -0.481 e. The molecular weight excluding hydrogens is 723 g/mol. The molecule has 0 spiro atoms. The van der Waals surface area contributed by atoms with Crippen LogP contribution in [0.15, 0.2) is 24.3 Å². The molecule has 23 nitrogen and oxygen atoms in total. The molecule has 0 radical (unpaired) electrons. The Morgan fingerprint density at radius 2 is 1.10 bits per heavy atom. The lowest BCUT2D eigenvalue weighted by Crippen LogP contribution is -2.59. The van der Waals surface area contributed by atoms with Gasteiger partial charge in [0.2, 0.25) is 29.5 Å². The van der Waals surface area contributed by atoms with Crippen molar-refractivity contribution in [2.45, 2.75) is 81.6 Å². The highest BCUT2D eigenvalue weighted by Crippen LogP contribution is 2.37. The van der Waals surface area contributed by atoms with Gasteiger partial charge in [-0.25, -0.2) is 9.36 Å². The second-order valence-electron chi connectivity index (χ2n) is 11.1. The van der Waals surface area contributed by atoms with Crippen LogP contribution in [-0.4, -0.2) is 114 Å². The van der Waals surface area contributed by atoms with Gasteiger partial charge in [-0.2, -0.15) is 0 Å². The Labute approximate surface area is 293 Å². The van der Waals surface area contributed by atoms with Crippen LogP contribution >= 0.6 is 7.82 Å². The van der Waals surface area contributed by atoms with Crippen LogP contribution in [0.2, 0.25) is 0 Å². The molecule has 1 rings (SSSR count). The Balaban J connectivity index is 3.46.